The standard InChI is InChI=1S/C16H26N2O/c1-4-13-19-15-7-5-14(6-8-15)16(2,3)18-11-9-17-10-12-18/h5-8,17H,4,9-13H2,1-3H3. The first-order valence-electron chi connectivity index (χ1n) is 7.33. The molecule has 0 saturated carbocycles. The normalized spacial score (nSPS) is 17.4. The van der Waals surface area contributed by atoms with Crippen molar-refractivity contribution in [2.24, 2.45) is 0 Å². The summed E-state index contributed by atoms with van der Waals surface area (Å²) in [4.78, 5) is 2.55. The second-order valence-corrected chi connectivity index (χ2v) is 5.67. The maximum absolute atomic E-state index is 5.64. The summed E-state index contributed by atoms with van der Waals surface area (Å²) < 4.78 is 5.64. The number of ether oxygens (including phenoxy) is 1. The number of benzene rings is 1. The van der Waals surface area contributed by atoms with E-state index in [1.165, 1.54) is 5.56 Å². The van der Waals surface area contributed by atoms with Crippen LogP contribution in [0.5, 0.6) is 5.75 Å². The molecule has 1 aromatic rings. The van der Waals surface area contributed by atoms with Gasteiger partial charge in [0.1, 0.15) is 5.75 Å². The molecule has 0 bridgehead atoms. The van der Waals surface area contributed by atoms with Gasteiger partial charge in [0.2, 0.25) is 0 Å². The molecular weight excluding hydrogens is 236 g/mol. The molecule has 1 fully saturated rings. The van der Waals surface area contributed by atoms with Gasteiger partial charge >= 0.3 is 0 Å². The molecule has 2 rings (SSSR count). The second-order valence-electron chi connectivity index (χ2n) is 5.67. The lowest BCUT2D eigenvalue weighted by atomic mass is 9.91. The van der Waals surface area contributed by atoms with Gasteiger partial charge in [-0.3, -0.25) is 4.90 Å². The lowest BCUT2D eigenvalue weighted by molar-refractivity contribution is 0.102. The van der Waals surface area contributed by atoms with Crippen LogP contribution in [0.3, 0.4) is 0 Å². The summed E-state index contributed by atoms with van der Waals surface area (Å²) in [7, 11) is 0. The zero-order chi connectivity index (χ0) is 13.7. The van der Waals surface area contributed by atoms with Gasteiger partial charge in [0, 0.05) is 31.7 Å². The number of piperazine rings is 1. The first-order chi connectivity index (χ1) is 9.14. The SMILES string of the molecule is CCCOc1ccc(C(C)(C)N2CCNCC2)cc1. The van der Waals surface area contributed by atoms with E-state index >= 15 is 0 Å². The quantitative estimate of drug-likeness (QED) is 0.883. The number of hydrogen-bond acceptors (Lipinski definition) is 3. The van der Waals surface area contributed by atoms with Gasteiger partial charge in [0.05, 0.1) is 6.61 Å². The van der Waals surface area contributed by atoms with Crippen LogP contribution in [0, 0.1) is 0 Å². The summed E-state index contributed by atoms with van der Waals surface area (Å²) in [6, 6.07) is 8.59. The van der Waals surface area contributed by atoms with Crippen LogP contribution in [-0.2, 0) is 5.54 Å². The molecular formula is C16H26N2O. The van der Waals surface area contributed by atoms with Crippen molar-refractivity contribution in [1.29, 1.82) is 0 Å². The molecule has 106 valence electrons. The fraction of sp³-hybridized carbons (Fsp3) is 0.625. The van der Waals surface area contributed by atoms with Crippen molar-refractivity contribution < 1.29 is 4.74 Å². The molecule has 1 saturated heterocycles. The van der Waals surface area contributed by atoms with Gasteiger partial charge in [-0.05, 0) is 38.0 Å². The van der Waals surface area contributed by atoms with Gasteiger partial charge in [-0.2, -0.15) is 0 Å². The van der Waals surface area contributed by atoms with E-state index in [2.05, 4.69) is 55.3 Å². The largest absolute Gasteiger partial charge is 0.494 e. The predicted octanol–water partition coefficient (Wildman–Crippen LogP) is 2.62. The van der Waals surface area contributed by atoms with E-state index in [4.69, 9.17) is 4.74 Å². The Kier molecular flexibility index (Phi) is 4.83. The molecule has 1 aliphatic rings. The van der Waals surface area contributed by atoms with Gasteiger partial charge in [-0.25, -0.2) is 0 Å². The second kappa shape index (κ2) is 6.40. The Morgan fingerprint density at radius 2 is 1.79 bits per heavy atom. The maximum Gasteiger partial charge on any atom is 0.119 e. The van der Waals surface area contributed by atoms with Crippen molar-refractivity contribution >= 4 is 0 Å². The van der Waals surface area contributed by atoms with Gasteiger partial charge in [0.25, 0.3) is 0 Å². The van der Waals surface area contributed by atoms with Crippen molar-refractivity contribution in [2.45, 2.75) is 32.7 Å². The Morgan fingerprint density at radius 1 is 1.16 bits per heavy atom. The Bertz CT molecular complexity index is 380. The third-order valence-electron chi connectivity index (χ3n) is 3.94. The molecule has 1 heterocycles. The number of hydrogen-bond donors (Lipinski definition) is 1. The first kappa shape index (κ1) is 14.4. The van der Waals surface area contributed by atoms with E-state index < -0.39 is 0 Å². The smallest absolute Gasteiger partial charge is 0.119 e. The number of nitrogens with one attached hydrogen (secondary N) is 1. The molecule has 0 aromatic heterocycles. The molecule has 0 atom stereocenters. The molecule has 0 aliphatic carbocycles. The van der Waals surface area contributed by atoms with E-state index in [0.29, 0.717) is 0 Å². The minimum Gasteiger partial charge on any atom is -0.494 e. The van der Waals surface area contributed by atoms with Crippen LogP contribution < -0.4 is 10.1 Å². The van der Waals surface area contributed by atoms with E-state index in [1.54, 1.807) is 0 Å². The molecule has 0 unspecified atom stereocenters. The van der Waals surface area contributed by atoms with Crippen molar-refractivity contribution in [3.8, 4) is 5.75 Å². The van der Waals surface area contributed by atoms with E-state index in [-0.39, 0.29) is 5.54 Å². The average Bonchev–Trinajstić information content (AvgIpc) is 2.46. The van der Waals surface area contributed by atoms with Crippen molar-refractivity contribution in [2.75, 3.05) is 32.8 Å². The highest BCUT2D eigenvalue weighted by atomic mass is 16.5. The highest BCUT2D eigenvalue weighted by molar-refractivity contribution is 5.31. The highest BCUT2D eigenvalue weighted by Gasteiger charge is 2.29. The van der Waals surface area contributed by atoms with Gasteiger partial charge in [0.15, 0.2) is 0 Å². The molecule has 0 radical (unpaired) electrons. The molecule has 19 heavy (non-hydrogen) atoms. The minimum atomic E-state index is 0.0887. The predicted molar refractivity (Wildman–Crippen MR) is 79.7 cm³/mol. The number of nitrogens with zero attached hydrogens (tertiary/aromatic N) is 1. The first-order valence-corrected chi connectivity index (χ1v) is 7.33. The summed E-state index contributed by atoms with van der Waals surface area (Å²) in [5.74, 6) is 0.974. The molecule has 0 spiro atoms. The third-order valence-corrected chi connectivity index (χ3v) is 3.94. The fourth-order valence-electron chi connectivity index (χ4n) is 2.59. The van der Waals surface area contributed by atoms with Crippen molar-refractivity contribution in [1.82, 2.24) is 10.2 Å². The van der Waals surface area contributed by atoms with Crippen LogP contribution in [0.2, 0.25) is 0 Å². The van der Waals surface area contributed by atoms with Crippen LogP contribution in [-0.4, -0.2) is 37.7 Å². The molecule has 3 nitrogen and oxygen atoms in total. The van der Waals surface area contributed by atoms with Crippen LogP contribution in [0.15, 0.2) is 24.3 Å². The Labute approximate surface area is 116 Å². The lowest BCUT2D eigenvalue weighted by Gasteiger charge is -2.41. The third kappa shape index (κ3) is 3.48. The van der Waals surface area contributed by atoms with Gasteiger partial charge < -0.3 is 10.1 Å². The maximum atomic E-state index is 5.64. The van der Waals surface area contributed by atoms with Crippen LogP contribution >= 0.6 is 0 Å². The summed E-state index contributed by atoms with van der Waals surface area (Å²) in [5, 5.41) is 3.41. The van der Waals surface area contributed by atoms with E-state index in [1.807, 2.05) is 0 Å². The minimum absolute atomic E-state index is 0.0887. The Morgan fingerprint density at radius 3 is 2.37 bits per heavy atom. The van der Waals surface area contributed by atoms with Crippen LogP contribution in [0.25, 0.3) is 0 Å². The topological polar surface area (TPSA) is 24.5 Å². The van der Waals surface area contributed by atoms with Crippen molar-refractivity contribution in [3.05, 3.63) is 29.8 Å². The number of rotatable bonds is 5. The molecule has 0 amide bonds. The van der Waals surface area contributed by atoms with Crippen LogP contribution in [0.1, 0.15) is 32.8 Å². The van der Waals surface area contributed by atoms with E-state index in [0.717, 1.165) is 45.0 Å². The van der Waals surface area contributed by atoms with E-state index in [9.17, 15) is 0 Å². The highest BCUT2D eigenvalue weighted by Crippen LogP contribution is 2.29. The zero-order valence-corrected chi connectivity index (χ0v) is 12.4. The Hall–Kier alpha value is -1.06. The summed E-state index contributed by atoms with van der Waals surface area (Å²) in [6.07, 6.45) is 1.05. The summed E-state index contributed by atoms with van der Waals surface area (Å²) in [6.45, 7) is 11.9. The monoisotopic (exact) mass is 262 g/mol. The van der Waals surface area contributed by atoms with Crippen LogP contribution in [0.4, 0.5) is 0 Å². The molecule has 3 heteroatoms. The molecule has 1 aromatic carbocycles. The average molecular weight is 262 g/mol. The lowest BCUT2D eigenvalue weighted by Crippen LogP contribution is -2.51. The zero-order valence-electron chi connectivity index (χ0n) is 12.4. The Balaban J connectivity index is 2.06. The van der Waals surface area contributed by atoms with Crippen molar-refractivity contribution in [3.63, 3.8) is 0 Å². The van der Waals surface area contributed by atoms with Gasteiger partial charge in [-0.1, -0.05) is 19.1 Å². The van der Waals surface area contributed by atoms with Gasteiger partial charge in [-0.15, -0.1) is 0 Å². The fourth-order valence-corrected chi connectivity index (χ4v) is 2.59. The summed E-state index contributed by atoms with van der Waals surface area (Å²) >= 11 is 0. The summed E-state index contributed by atoms with van der Waals surface area (Å²) in [5.41, 5.74) is 1.45. The molecule has 1 aliphatic heterocycles. The molecule has 1 N–H and O–H groups in total.